The molecule has 0 aromatic rings. The standard InChI is InChI=1S/C9H18N2O3S.ClH/c1-13-4-5-14-3-2-10-9(12)8-6-15-7-11-8;/h8,11H,2-7H2,1H3,(H,10,12);1H/t8-;/m1./s1. The molecule has 1 atom stereocenters. The Bertz CT molecular complexity index is 192. The van der Waals surface area contributed by atoms with E-state index in [0.29, 0.717) is 26.4 Å². The van der Waals surface area contributed by atoms with Crippen LogP contribution in [0.3, 0.4) is 0 Å². The summed E-state index contributed by atoms with van der Waals surface area (Å²) >= 11 is 1.74. The van der Waals surface area contributed by atoms with E-state index in [4.69, 9.17) is 9.47 Å². The predicted octanol–water partition coefficient (Wildman–Crippen LogP) is -0.150. The minimum absolute atomic E-state index is 0. The van der Waals surface area contributed by atoms with E-state index in [9.17, 15) is 4.79 Å². The first kappa shape index (κ1) is 16.0. The van der Waals surface area contributed by atoms with Crippen LogP contribution in [0.2, 0.25) is 0 Å². The molecule has 1 fully saturated rings. The van der Waals surface area contributed by atoms with E-state index in [1.54, 1.807) is 18.9 Å². The van der Waals surface area contributed by atoms with Crippen molar-refractivity contribution in [3.05, 3.63) is 0 Å². The predicted molar refractivity (Wildman–Crippen MR) is 67.2 cm³/mol. The van der Waals surface area contributed by atoms with Gasteiger partial charge in [0.15, 0.2) is 0 Å². The van der Waals surface area contributed by atoms with Crippen LogP contribution in [0.5, 0.6) is 0 Å². The molecule has 16 heavy (non-hydrogen) atoms. The summed E-state index contributed by atoms with van der Waals surface area (Å²) in [6.07, 6.45) is 0. The molecule has 0 aromatic carbocycles. The fourth-order valence-electron chi connectivity index (χ4n) is 1.18. The van der Waals surface area contributed by atoms with Crippen LogP contribution in [0.1, 0.15) is 0 Å². The SMILES string of the molecule is COCCOCCNC(=O)[C@H]1CSCN1.Cl. The Kier molecular flexibility index (Phi) is 10.2. The molecule has 0 bridgehead atoms. The number of halogens is 1. The molecule has 96 valence electrons. The largest absolute Gasteiger partial charge is 0.382 e. The van der Waals surface area contributed by atoms with E-state index in [-0.39, 0.29) is 24.4 Å². The van der Waals surface area contributed by atoms with Gasteiger partial charge in [-0.3, -0.25) is 10.1 Å². The fourth-order valence-corrected chi connectivity index (χ4v) is 2.12. The molecule has 2 N–H and O–H groups in total. The number of amides is 1. The number of rotatable bonds is 7. The van der Waals surface area contributed by atoms with Gasteiger partial charge in [-0.05, 0) is 0 Å². The van der Waals surface area contributed by atoms with Crippen molar-refractivity contribution in [2.45, 2.75) is 6.04 Å². The molecule has 0 unspecified atom stereocenters. The minimum atomic E-state index is -0.0334. The van der Waals surface area contributed by atoms with Crippen LogP contribution < -0.4 is 10.6 Å². The Labute approximate surface area is 106 Å². The van der Waals surface area contributed by atoms with Crippen molar-refractivity contribution in [2.24, 2.45) is 0 Å². The molecule has 0 aliphatic carbocycles. The summed E-state index contributed by atoms with van der Waals surface area (Å²) in [5.41, 5.74) is 0. The van der Waals surface area contributed by atoms with Gasteiger partial charge in [-0.15, -0.1) is 24.2 Å². The van der Waals surface area contributed by atoms with Crippen molar-refractivity contribution in [3.8, 4) is 0 Å². The van der Waals surface area contributed by atoms with Gasteiger partial charge in [-0.25, -0.2) is 0 Å². The van der Waals surface area contributed by atoms with E-state index in [1.165, 1.54) is 0 Å². The number of carbonyl (C=O) groups excluding carboxylic acids is 1. The van der Waals surface area contributed by atoms with E-state index in [1.807, 2.05) is 0 Å². The summed E-state index contributed by atoms with van der Waals surface area (Å²) in [6, 6.07) is -0.0334. The molecule has 0 saturated carbocycles. The number of ether oxygens (including phenoxy) is 2. The van der Waals surface area contributed by atoms with E-state index in [2.05, 4.69) is 10.6 Å². The Morgan fingerprint density at radius 2 is 2.31 bits per heavy atom. The van der Waals surface area contributed by atoms with Crippen molar-refractivity contribution >= 4 is 30.1 Å². The number of carbonyl (C=O) groups is 1. The van der Waals surface area contributed by atoms with Gasteiger partial charge in [0.2, 0.25) is 5.91 Å². The molecule has 1 heterocycles. The molecular formula is C9H19ClN2O3S. The molecular weight excluding hydrogens is 252 g/mol. The maximum Gasteiger partial charge on any atom is 0.238 e. The maximum atomic E-state index is 11.5. The van der Waals surface area contributed by atoms with Crippen molar-refractivity contribution in [2.75, 3.05) is 45.1 Å². The van der Waals surface area contributed by atoms with Crippen LogP contribution in [-0.2, 0) is 14.3 Å². The summed E-state index contributed by atoms with van der Waals surface area (Å²) in [5.74, 6) is 1.79. The summed E-state index contributed by atoms with van der Waals surface area (Å²) in [6.45, 7) is 2.26. The number of hydrogen-bond acceptors (Lipinski definition) is 5. The highest BCUT2D eigenvalue weighted by molar-refractivity contribution is 7.99. The third-order valence-electron chi connectivity index (χ3n) is 2.01. The van der Waals surface area contributed by atoms with Gasteiger partial charge in [0, 0.05) is 25.3 Å². The van der Waals surface area contributed by atoms with Crippen LogP contribution in [0.15, 0.2) is 0 Å². The second kappa shape index (κ2) is 10.2. The van der Waals surface area contributed by atoms with Crippen LogP contribution >= 0.6 is 24.2 Å². The Hall–Kier alpha value is -0.0100. The Morgan fingerprint density at radius 3 is 2.94 bits per heavy atom. The second-order valence-corrected chi connectivity index (χ2v) is 4.20. The number of nitrogens with one attached hydrogen (secondary N) is 2. The van der Waals surface area contributed by atoms with Crippen LogP contribution in [0, 0.1) is 0 Å². The zero-order valence-electron chi connectivity index (χ0n) is 9.36. The van der Waals surface area contributed by atoms with E-state index < -0.39 is 0 Å². The third-order valence-corrected chi connectivity index (χ3v) is 2.95. The van der Waals surface area contributed by atoms with Gasteiger partial charge in [-0.2, -0.15) is 0 Å². The van der Waals surface area contributed by atoms with E-state index >= 15 is 0 Å². The lowest BCUT2D eigenvalue weighted by atomic mass is 10.3. The zero-order valence-corrected chi connectivity index (χ0v) is 11.0. The Balaban J connectivity index is 0.00000225. The third kappa shape index (κ3) is 6.55. The molecule has 1 aliphatic rings. The zero-order chi connectivity index (χ0) is 10.9. The topological polar surface area (TPSA) is 59.6 Å². The van der Waals surface area contributed by atoms with Gasteiger partial charge in [0.05, 0.1) is 25.9 Å². The monoisotopic (exact) mass is 270 g/mol. The summed E-state index contributed by atoms with van der Waals surface area (Å²) in [7, 11) is 1.63. The summed E-state index contributed by atoms with van der Waals surface area (Å²) in [4.78, 5) is 11.5. The molecule has 0 radical (unpaired) electrons. The number of thioether (sulfide) groups is 1. The highest BCUT2D eigenvalue weighted by Crippen LogP contribution is 2.08. The lowest BCUT2D eigenvalue weighted by Gasteiger charge is -2.10. The molecule has 5 nitrogen and oxygen atoms in total. The highest BCUT2D eigenvalue weighted by Gasteiger charge is 2.21. The molecule has 7 heteroatoms. The lowest BCUT2D eigenvalue weighted by molar-refractivity contribution is -0.122. The molecule has 0 aromatic heterocycles. The van der Waals surface area contributed by atoms with Gasteiger partial charge >= 0.3 is 0 Å². The molecule has 1 aliphatic heterocycles. The first-order chi connectivity index (χ1) is 7.34. The van der Waals surface area contributed by atoms with Crippen LogP contribution in [0.4, 0.5) is 0 Å². The average Bonchev–Trinajstić information content (AvgIpc) is 2.76. The maximum absolute atomic E-state index is 11.5. The molecule has 1 saturated heterocycles. The van der Waals surface area contributed by atoms with Crippen molar-refractivity contribution < 1.29 is 14.3 Å². The summed E-state index contributed by atoms with van der Waals surface area (Å²) in [5, 5.41) is 5.93. The van der Waals surface area contributed by atoms with Crippen molar-refractivity contribution in [3.63, 3.8) is 0 Å². The Morgan fingerprint density at radius 1 is 1.50 bits per heavy atom. The van der Waals surface area contributed by atoms with E-state index in [0.717, 1.165) is 11.6 Å². The average molecular weight is 271 g/mol. The first-order valence-electron chi connectivity index (χ1n) is 5.00. The van der Waals surface area contributed by atoms with Gasteiger partial charge in [0.25, 0.3) is 0 Å². The van der Waals surface area contributed by atoms with Crippen LogP contribution in [0.25, 0.3) is 0 Å². The van der Waals surface area contributed by atoms with Gasteiger partial charge in [0.1, 0.15) is 0 Å². The molecule has 1 amide bonds. The van der Waals surface area contributed by atoms with Gasteiger partial charge in [-0.1, -0.05) is 0 Å². The molecule has 1 rings (SSSR count). The first-order valence-corrected chi connectivity index (χ1v) is 6.15. The smallest absolute Gasteiger partial charge is 0.238 e. The quantitative estimate of drug-likeness (QED) is 0.630. The highest BCUT2D eigenvalue weighted by atomic mass is 35.5. The number of methoxy groups -OCH3 is 1. The number of hydrogen-bond donors (Lipinski definition) is 2. The van der Waals surface area contributed by atoms with Crippen molar-refractivity contribution in [1.29, 1.82) is 0 Å². The fraction of sp³-hybridized carbons (Fsp3) is 0.889. The van der Waals surface area contributed by atoms with Crippen molar-refractivity contribution in [1.82, 2.24) is 10.6 Å². The van der Waals surface area contributed by atoms with Crippen LogP contribution in [-0.4, -0.2) is 57.1 Å². The van der Waals surface area contributed by atoms with Gasteiger partial charge < -0.3 is 14.8 Å². The minimum Gasteiger partial charge on any atom is -0.382 e. The summed E-state index contributed by atoms with van der Waals surface area (Å²) < 4.78 is 10.0. The normalized spacial score (nSPS) is 19.2. The second-order valence-electron chi connectivity index (χ2n) is 3.17. The molecule has 0 spiro atoms. The lowest BCUT2D eigenvalue weighted by Crippen LogP contribution is -2.43.